The van der Waals surface area contributed by atoms with Crippen molar-refractivity contribution in [2.45, 2.75) is 2.86 Å². The van der Waals surface area contributed by atoms with Crippen LogP contribution in [0.2, 0.25) is 2.86 Å². The molecule has 42 valence electrons. The van der Waals surface area contributed by atoms with Crippen LogP contribution >= 0.6 is 26.0 Å². The van der Waals surface area contributed by atoms with E-state index in [2.05, 4.69) is 47.1 Å². The number of halogens is 2. The minimum atomic E-state index is -0.344. The third kappa shape index (κ3) is 6.44. The van der Waals surface area contributed by atoms with E-state index in [0.717, 1.165) is 2.86 Å². The Hall–Kier alpha value is 2.44. The molecule has 0 saturated heterocycles. The molecule has 0 rings (SSSR count). The van der Waals surface area contributed by atoms with Gasteiger partial charge in [-0.15, -0.1) is 0 Å². The number of rotatable bonds is 1. The third-order valence-electron chi connectivity index (χ3n) is 0.0486. The average Bonchev–Trinajstić information content (AvgIpc) is 1.38. The zero-order valence-electron chi connectivity index (χ0n) is 2.07. The predicted molar refractivity (Wildman–Crippen MR) is 22.7 cm³/mol. The molecule has 0 aromatic heterocycles. The van der Waals surface area contributed by atoms with Crippen LogP contribution in [0.1, 0.15) is 0 Å². The zero-order chi connectivity index (χ0) is 4.28. The second-order valence-corrected chi connectivity index (χ2v) is 14.1. The molecule has 0 bridgehead atoms. The predicted octanol–water partition coefficient (Wildman–Crippen LogP) is 2.15. The summed E-state index contributed by atoms with van der Waals surface area (Å²) in [6.45, 7) is 0. The summed E-state index contributed by atoms with van der Waals surface area (Å²) in [5, 5.41) is 0. The quantitative estimate of drug-likeness (QED) is 0.603. The molecule has 0 aliphatic rings. The van der Waals surface area contributed by atoms with E-state index in [0.29, 0.717) is 0 Å². The van der Waals surface area contributed by atoms with E-state index in [9.17, 15) is 0 Å². The van der Waals surface area contributed by atoms with Crippen LogP contribution < -0.4 is 0 Å². The number of hydrogen-bond donors (Lipinski definition) is 0. The molecule has 5 heavy (non-hydrogen) atoms. The minimum absolute atomic E-state index is 0.344. The molecular weight excluding hydrogens is 388 g/mol. The van der Waals surface area contributed by atoms with Crippen molar-refractivity contribution in [3.8, 4) is 0 Å². The molecule has 0 heterocycles. The molecule has 0 N–H and O–H groups in total. The monoisotopic (exact) mass is 386 g/mol. The van der Waals surface area contributed by atoms with E-state index in [1.165, 1.54) is 0 Å². The first-order valence-electron chi connectivity index (χ1n) is 0.654. The van der Waals surface area contributed by atoms with Gasteiger partial charge in [-0.25, -0.2) is 0 Å². The van der Waals surface area contributed by atoms with Crippen molar-refractivity contribution in [3.05, 3.63) is 0 Å². The van der Waals surface area contributed by atoms with Crippen molar-refractivity contribution in [1.82, 2.24) is 0 Å². The van der Waals surface area contributed by atoms with Crippen LogP contribution in [0.5, 0.6) is 0 Å². The van der Waals surface area contributed by atoms with E-state index in [4.69, 9.17) is 0 Å². The molecule has 0 amide bonds. The molecule has 0 saturated carbocycles. The van der Waals surface area contributed by atoms with Crippen molar-refractivity contribution >= 4 is 26.0 Å². The Balaban J connectivity index is 2.54. The van der Waals surface area contributed by atoms with Crippen LogP contribution in [0.3, 0.4) is 0 Å². The first kappa shape index (κ1) is 7.44. The van der Waals surface area contributed by atoms with Gasteiger partial charge in [-0.3, -0.25) is 0 Å². The van der Waals surface area contributed by atoms with Crippen molar-refractivity contribution in [3.63, 3.8) is 0 Å². The first-order valence-corrected chi connectivity index (χ1v) is 9.53. The maximum atomic E-state index is 3.35. The molecule has 0 aromatic rings. The first-order chi connectivity index (χ1) is 2.27. The molecule has 0 aromatic carbocycles. The summed E-state index contributed by atoms with van der Waals surface area (Å²) in [5.74, 6) is 0. The molecule has 0 atom stereocenters. The molecular formula is CH2Ag2Br2. The van der Waals surface area contributed by atoms with Gasteiger partial charge >= 0.3 is 64.1 Å². The molecule has 0 spiro atoms. The summed E-state index contributed by atoms with van der Waals surface area (Å²) in [5.41, 5.74) is 0. The summed E-state index contributed by atoms with van der Waals surface area (Å²) in [4.78, 5) is 0. The van der Waals surface area contributed by atoms with E-state index in [1.54, 1.807) is 0 Å². The standard InChI is InChI=1S/CH2.2Ag.2BrH/h1H2;;;2*1H/q;;+2;;/p-2. The summed E-state index contributed by atoms with van der Waals surface area (Å²) >= 11 is 9.63. The van der Waals surface area contributed by atoms with Crippen LogP contribution in [-0.2, 0) is 35.2 Å². The fourth-order valence-electron chi connectivity index (χ4n) is 0. The molecule has 0 aliphatic heterocycles. The summed E-state index contributed by atoms with van der Waals surface area (Å²) in [7, 11) is 0. The van der Waals surface area contributed by atoms with E-state index < -0.39 is 0 Å². The Morgan fingerprint density at radius 1 is 1.60 bits per heavy atom. The van der Waals surface area contributed by atoms with E-state index >= 15 is 0 Å². The maximum absolute atomic E-state index is 3.35. The second-order valence-electron chi connectivity index (χ2n) is 0.269. The normalized spacial score (nSPS) is 11.6. The van der Waals surface area contributed by atoms with Gasteiger partial charge in [0, 0.05) is 0 Å². The Labute approximate surface area is 63.0 Å². The average molecular weight is 390 g/mol. The van der Waals surface area contributed by atoms with Crippen LogP contribution in [0.25, 0.3) is 0 Å². The van der Waals surface area contributed by atoms with Gasteiger partial charge in [0.1, 0.15) is 0 Å². The molecule has 0 fully saturated rings. The van der Waals surface area contributed by atoms with E-state index in [-0.39, 0.29) is 14.2 Å². The van der Waals surface area contributed by atoms with E-state index in [1.807, 2.05) is 0 Å². The topological polar surface area (TPSA) is 0 Å². The molecule has 4 heteroatoms. The Morgan fingerprint density at radius 2 is 1.80 bits per heavy atom. The third-order valence-corrected chi connectivity index (χ3v) is 8.84. The van der Waals surface area contributed by atoms with Gasteiger partial charge in [0.05, 0.1) is 0 Å². The van der Waals surface area contributed by atoms with Crippen molar-refractivity contribution < 1.29 is 35.2 Å². The molecule has 0 nitrogen and oxygen atoms in total. The molecule has 0 unspecified atom stereocenters. The fourth-order valence-corrected chi connectivity index (χ4v) is 0. The zero-order valence-corrected chi connectivity index (χ0v) is 8.20. The molecule has 0 aliphatic carbocycles. The van der Waals surface area contributed by atoms with Crippen LogP contribution in [0.4, 0.5) is 0 Å². The van der Waals surface area contributed by atoms with Gasteiger partial charge in [0.25, 0.3) is 0 Å². The fraction of sp³-hybridized carbons (Fsp3) is 1.00. The summed E-state index contributed by atoms with van der Waals surface area (Å²) in [6, 6.07) is 0. The van der Waals surface area contributed by atoms with Gasteiger partial charge in [-0.05, 0) is 0 Å². The van der Waals surface area contributed by atoms with Gasteiger partial charge in [0.2, 0.25) is 0 Å². The van der Waals surface area contributed by atoms with Gasteiger partial charge in [-0.1, -0.05) is 0 Å². The van der Waals surface area contributed by atoms with Gasteiger partial charge in [0.15, 0.2) is 0 Å². The Morgan fingerprint density at radius 3 is 1.80 bits per heavy atom. The summed E-state index contributed by atoms with van der Waals surface area (Å²) < 4.78 is 1.05. The summed E-state index contributed by atoms with van der Waals surface area (Å²) in [6.07, 6.45) is 0. The van der Waals surface area contributed by atoms with Crippen LogP contribution in [0, 0.1) is 0 Å². The van der Waals surface area contributed by atoms with Crippen molar-refractivity contribution in [2.24, 2.45) is 0 Å². The Kier molecular flexibility index (Phi) is 6.84. The van der Waals surface area contributed by atoms with Gasteiger partial charge < -0.3 is 0 Å². The molecule has 0 radical (unpaired) electrons. The SMILES string of the molecule is [Br][Ag]([Br])[CH2][Ag]. The van der Waals surface area contributed by atoms with Gasteiger partial charge in [-0.2, -0.15) is 0 Å². The Bertz CT molecular complexity index is 21.6. The van der Waals surface area contributed by atoms with Crippen LogP contribution in [0.15, 0.2) is 0 Å². The van der Waals surface area contributed by atoms with Crippen LogP contribution in [-0.4, -0.2) is 0 Å². The second kappa shape index (κ2) is 4.60. The number of hydrogen-bond acceptors (Lipinski definition) is 0. The van der Waals surface area contributed by atoms with Crippen molar-refractivity contribution in [1.29, 1.82) is 0 Å². The van der Waals surface area contributed by atoms with Crippen molar-refractivity contribution in [2.75, 3.05) is 0 Å².